The van der Waals surface area contributed by atoms with Crippen LogP contribution in [0.25, 0.3) is 0 Å². The molecule has 0 unspecified atom stereocenters. The fraction of sp³-hybridized carbons (Fsp3) is 0.231. The second kappa shape index (κ2) is 6.71. The minimum absolute atomic E-state index is 0.0122. The molecule has 2 N–H and O–H groups in total. The summed E-state index contributed by atoms with van der Waals surface area (Å²) in [6, 6.07) is -0.355. The summed E-state index contributed by atoms with van der Waals surface area (Å²) in [5.74, 6) is 0.932. The SMILES string of the molecule is C[C@H](Nc1nc(Cl)nc(Nc2cn(C)cn2)n1)c1ncc(F)cn1. The Bertz CT molecular complexity index is 836. The molecule has 1 atom stereocenters. The monoisotopic (exact) mass is 349 g/mol. The Balaban J connectivity index is 1.76. The molecule has 0 radical (unpaired) electrons. The Hall–Kier alpha value is -2.88. The van der Waals surface area contributed by atoms with Gasteiger partial charge in [0.15, 0.2) is 11.6 Å². The predicted octanol–water partition coefficient (Wildman–Crippen LogP) is 2.10. The molecule has 0 aliphatic carbocycles. The van der Waals surface area contributed by atoms with Gasteiger partial charge in [-0.3, -0.25) is 0 Å². The lowest BCUT2D eigenvalue weighted by Gasteiger charge is -2.12. The first-order valence-corrected chi connectivity index (χ1v) is 7.28. The van der Waals surface area contributed by atoms with Gasteiger partial charge in [0.25, 0.3) is 0 Å². The van der Waals surface area contributed by atoms with E-state index in [9.17, 15) is 4.39 Å². The van der Waals surface area contributed by atoms with Crippen LogP contribution in [0.1, 0.15) is 18.8 Å². The summed E-state index contributed by atoms with van der Waals surface area (Å²) in [6.45, 7) is 1.79. The van der Waals surface area contributed by atoms with Gasteiger partial charge >= 0.3 is 0 Å². The van der Waals surface area contributed by atoms with Crippen LogP contribution in [-0.2, 0) is 7.05 Å². The van der Waals surface area contributed by atoms with Crippen molar-refractivity contribution in [2.45, 2.75) is 13.0 Å². The van der Waals surface area contributed by atoms with E-state index in [1.807, 2.05) is 7.05 Å². The molecule has 0 saturated heterocycles. The summed E-state index contributed by atoms with van der Waals surface area (Å²) >= 11 is 5.92. The van der Waals surface area contributed by atoms with Crippen molar-refractivity contribution < 1.29 is 4.39 Å². The molecule has 0 aliphatic heterocycles. The first-order valence-electron chi connectivity index (χ1n) is 6.90. The van der Waals surface area contributed by atoms with Crippen molar-refractivity contribution in [1.82, 2.24) is 34.5 Å². The molecule has 0 aliphatic rings. The van der Waals surface area contributed by atoms with Gasteiger partial charge in [0.05, 0.1) is 24.8 Å². The van der Waals surface area contributed by atoms with Crippen molar-refractivity contribution in [1.29, 1.82) is 0 Å². The van der Waals surface area contributed by atoms with Gasteiger partial charge in [0.1, 0.15) is 5.82 Å². The van der Waals surface area contributed by atoms with Crippen LogP contribution in [0, 0.1) is 5.82 Å². The molecular weight excluding hydrogens is 337 g/mol. The molecule has 0 spiro atoms. The Morgan fingerprint density at radius 2 is 1.83 bits per heavy atom. The van der Waals surface area contributed by atoms with Gasteiger partial charge in [-0.05, 0) is 18.5 Å². The summed E-state index contributed by atoms with van der Waals surface area (Å²) in [4.78, 5) is 24.1. The molecule has 24 heavy (non-hydrogen) atoms. The van der Waals surface area contributed by atoms with Gasteiger partial charge in [-0.1, -0.05) is 0 Å². The maximum atomic E-state index is 12.9. The van der Waals surface area contributed by atoms with Crippen molar-refractivity contribution in [3.63, 3.8) is 0 Å². The second-order valence-electron chi connectivity index (χ2n) is 4.93. The molecule has 0 fully saturated rings. The molecule has 3 heterocycles. The first-order chi connectivity index (χ1) is 11.5. The number of nitrogens with zero attached hydrogens (tertiary/aromatic N) is 7. The van der Waals surface area contributed by atoms with E-state index < -0.39 is 5.82 Å². The Labute approximate surface area is 141 Å². The number of nitrogens with one attached hydrogen (secondary N) is 2. The first kappa shape index (κ1) is 16.0. The van der Waals surface area contributed by atoms with Crippen molar-refractivity contribution in [3.8, 4) is 0 Å². The van der Waals surface area contributed by atoms with E-state index in [1.165, 1.54) is 0 Å². The molecule has 3 aromatic rings. The highest BCUT2D eigenvalue weighted by atomic mass is 35.5. The van der Waals surface area contributed by atoms with Crippen LogP contribution in [-0.4, -0.2) is 34.5 Å². The van der Waals surface area contributed by atoms with Gasteiger partial charge in [0, 0.05) is 13.2 Å². The lowest BCUT2D eigenvalue weighted by atomic mass is 10.3. The predicted molar refractivity (Wildman–Crippen MR) is 85.4 cm³/mol. The van der Waals surface area contributed by atoms with Gasteiger partial charge in [0.2, 0.25) is 17.2 Å². The van der Waals surface area contributed by atoms with Crippen LogP contribution >= 0.6 is 11.6 Å². The van der Waals surface area contributed by atoms with Crippen molar-refractivity contribution in [2.24, 2.45) is 7.05 Å². The smallest absolute Gasteiger partial charge is 0.234 e. The molecule has 0 saturated carbocycles. The van der Waals surface area contributed by atoms with Crippen LogP contribution in [0.5, 0.6) is 0 Å². The summed E-state index contributed by atoms with van der Waals surface area (Å²) in [7, 11) is 1.84. The average molecular weight is 350 g/mol. The maximum Gasteiger partial charge on any atom is 0.234 e. The number of rotatable bonds is 5. The highest BCUT2D eigenvalue weighted by Gasteiger charge is 2.13. The third-order valence-electron chi connectivity index (χ3n) is 2.93. The minimum atomic E-state index is -0.504. The highest BCUT2D eigenvalue weighted by molar-refractivity contribution is 6.28. The van der Waals surface area contributed by atoms with Crippen LogP contribution in [0.2, 0.25) is 5.28 Å². The molecule has 0 bridgehead atoms. The number of hydrogen-bond donors (Lipinski definition) is 2. The Morgan fingerprint density at radius 1 is 1.12 bits per heavy atom. The molecule has 9 nitrogen and oxygen atoms in total. The van der Waals surface area contributed by atoms with E-state index in [0.717, 1.165) is 12.4 Å². The van der Waals surface area contributed by atoms with Gasteiger partial charge < -0.3 is 15.2 Å². The molecule has 11 heteroatoms. The molecular formula is C13H13ClFN9. The molecule has 0 aromatic carbocycles. The number of aryl methyl sites for hydroxylation is 1. The fourth-order valence-electron chi connectivity index (χ4n) is 1.87. The zero-order chi connectivity index (χ0) is 17.1. The van der Waals surface area contributed by atoms with Crippen LogP contribution in [0.4, 0.5) is 22.1 Å². The van der Waals surface area contributed by atoms with Crippen LogP contribution in [0.3, 0.4) is 0 Å². The fourth-order valence-corrected chi connectivity index (χ4v) is 2.03. The van der Waals surface area contributed by atoms with Crippen LogP contribution < -0.4 is 10.6 Å². The van der Waals surface area contributed by atoms with E-state index >= 15 is 0 Å². The lowest BCUT2D eigenvalue weighted by molar-refractivity contribution is 0.604. The van der Waals surface area contributed by atoms with Crippen molar-refractivity contribution in [3.05, 3.63) is 41.8 Å². The van der Waals surface area contributed by atoms with Crippen molar-refractivity contribution in [2.75, 3.05) is 10.6 Å². The topological polar surface area (TPSA) is 106 Å². The van der Waals surface area contributed by atoms with E-state index in [-0.39, 0.29) is 23.2 Å². The third-order valence-corrected chi connectivity index (χ3v) is 3.10. The zero-order valence-electron chi connectivity index (χ0n) is 12.8. The normalized spacial score (nSPS) is 12.0. The van der Waals surface area contributed by atoms with E-state index in [0.29, 0.717) is 11.6 Å². The van der Waals surface area contributed by atoms with E-state index in [2.05, 4.69) is 40.5 Å². The van der Waals surface area contributed by atoms with E-state index in [1.54, 1.807) is 24.0 Å². The molecule has 124 valence electrons. The van der Waals surface area contributed by atoms with Gasteiger partial charge in [-0.15, -0.1) is 0 Å². The van der Waals surface area contributed by atoms with Crippen molar-refractivity contribution >= 4 is 29.3 Å². The lowest BCUT2D eigenvalue weighted by Crippen LogP contribution is -2.14. The maximum absolute atomic E-state index is 12.9. The zero-order valence-corrected chi connectivity index (χ0v) is 13.5. The number of anilines is 3. The number of halogens is 2. The quantitative estimate of drug-likeness (QED) is 0.721. The Kier molecular flexibility index (Phi) is 4.47. The molecule has 0 amide bonds. The summed E-state index contributed by atoms with van der Waals surface area (Å²) in [5.41, 5.74) is 0. The molecule has 3 aromatic heterocycles. The summed E-state index contributed by atoms with van der Waals surface area (Å²) in [5, 5.41) is 5.93. The number of hydrogen-bond acceptors (Lipinski definition) is 8. The second-order valence-corrected chi connectivity index (χ2v) is 5.26. The largest absolute Gasteiger partial charge is 0.344 e. The average Bonchev–Trinajstić information content (AvgIpc) is 2.92. The number of imidazole rings is 1. The highest BCUT2D eigenvalue weighted by Crippen LogP contribution is 2.17. The van der Waals surface area contributed by atoms with Crippen LogP contribution in [0.15, 0.2) is 24.9 Å². The third kappa shape index (κ3) is 3.90. The number of aromatic nitrogens is 7. The Morgan fingerprint density at radius 3 is 2.50 bits per heavy atom. The standard InChI is InChI=1S/C13H13ClFN9/c1-7(10-16-3-8(15)4-17-10)19-12-21-11(14)22-13(23-12)20-9-5-24(2)6-18-9/h3-7H,1-2H3,(H2,19,20,21,22,23)/t7-/m0/s1. The summed E-state index contributed by atoms with van der Waals surface area (Å²) < 4.78 is 14.7. The van der Waals surface area contributed by atoms with E-state index in [4.69, 9.17) is 11.6 Å². The molecule has 3 rings (SSSR count). The van der Waals surface area contributed by atoms with Gasteiger partial charge in [-0.2, -0.15) is 15.0 Å². The van der Waals surface area contributed by atoms with Gasteiger partial charge in [-0.25, -0.2) is 19.3 Å². The minimum Gasteiger partial charge on any atom is -0.344 e. The summed E-state index contributed by atoms with van der Waals surface area (Å²) in [6.07, 6.45) is 5.59.